The van der Waals surface area contributed by atoms with Crippen LogP contribution in [0.15, 0.2) is 24.3 Å². The SMILES string of the molecule is COc1ccc(CCNC(C)CS(C)(=O)=O)cc1. The highest BCUT2D eigenvalue weighted by Crippen LogP contribution is 2.11. The van der Waals surface area contributed by atoms with E-state index in [0.717, 1.165) is 18.7 Å². The Labute approximate surface area is 109 Å². The van der Waals surface area contributed by atoms with Gasteiger partial charge in [-0.3, -0.25) is 0 Å². The average Bonchev–Trinajstić information content (AvgIpc) is 2.27. The number of hydrogen-bond acceptors (Lipinski definition) is 4. The van der Waals surface area contributed by atoms with Gasteiger partial charge in [0.05, 0.1) is 12.9 Å². The number of methoxy groups -OCH3 is 1. The minimum atomic E-state index is -2.91. The van der Waals surface area contributed by atoms with Gasteiger partial charge in [0, 0.05) is 12.3 Å². The highest BCUT2D eigenvalue weighted by atomic mass is 32.2. The van der Waals surface area contributed by atoms with E-state index in [9.17, 15) is 8.42 Å². The normalized spacial score (nSPS) is 13.3. The number of sulfone groups is 1. The van der Waals surface area contributed by atoms with Gasteiger partial charge in [0.1, 0.15) is 15.6 Å². The second-order valence-electron chi connectivity index (χ2n) is 4.55. The summed E-state index contributed by atoms with van der Waals surface area (Å²) in [7, 11) is -1.26. The lowest BCUT2D eigenvalue weighted by molar-refractivity contribution is 0.414. The average molecular weight is 271 g/mol. The largest absolute Gasteiger partial charge is 0.497 e. The van der Waals surface area contributed by atoms with Crippen LogP contribution < -0.4 is 10.1 Å². The number of benzene rings is 1. The number of nitrogens with one attached hydrogen (secondary N) is 1. The second-order valence-corrected chi connectivity index (χ2v) is 6.73. The highest BCUT2D eigenvalue weighted by molar-refractivity contribution is 7.90. The van der Waals surface area contributed by atoms with Crippen molar-refractivity contribution < 1.29 is 13.2 Å². The third-order valence-corrected chi connectivity index (χ3v) is 3.72. The zero-order valence-corrected chi connectivity index (χ0v) is 12.0. The van der Waals surface area contributed by atoms with E-state index in [0.29, 0.717) is 0 Å². The Bertz CT molecular complexity index is 454. The fourth-order valence-electron chi connectivity index (χ4n) is 1.77. The zero-order valence-electron chi connectivity index (χ0n) is 11.1. The number of rotatable bonds is 7. The van der Waals surface area contributed by atoms with E-state index in [2.05, 4.69) is 5.32 Å². The summed E-state index contributed by atoms with van der Waals surface area (Å²) in [5.74, 6) is 1.02. The predicted molar refractivity (Wildman–Crippen MR) is 73.9 cm³/mol. The van der Waals surface area contributed by atoms with Crippen molar-refractivity contribution in [2.75, 3.05) is 25.7 Å². The first kappa shape index (κ1) is 15.0. The van der Waals surface area contributed by atoms with Gasteiger partial charge in [-0.05, 0) is 37.6 Å². The maximum absolute atomic E-state index is 11.1. The summed E-state index contributed by atoms with van der Waals surface area (Å²) in [4.78, 5) is 0. The molecule has 1 aromatic rings. The molecule has 4 nitrogen and oxygen atoms in total. The molecule has 0 saturated heterocycles. The molecule has 0 amide bonds. The number of ether oxygens (including phenoxy) is 1. The van der Waals surface area contributed by atoms with Gasteiger partial charge in [0.15, 0.2) is 0 Å². The Morgan fingerprint density at radius 1 is 1.28 bits per heavy atom. The van der Waals surface area contributed by atoms with E-state index < -0.39 is 9.84 Å². The fraction of sp³-hybridized carbons (Fsp3) is 0.538. The van der Waals surface area contributed by atoms with E-state index in [-0.39, 0.29) is 11.8 Å². The van der Waals surface area contributed by atoms with E-state index >= 15 is 0 Å². The summed E-state index contributed by atoms with van der Waals surface area (Å²) in [6, 6.07) is 7.87. The van der Waals surface area contributed by atoms with Crippen molar-refractivity contribution in [1.82, 2.24) is 5.32 Å². The van der Waals surface area contributed by atoms with Crippen LogP contribution in [0.25, 0.3) is 0 Å². The van der Waals surface area contributed by atoms with Crippen LogP contribution in [0.4, 0.5) is 0 Å². The predicted octanol–water partition coefficient (Wildman–Crippen LogP) is 1.26. The molecule has 0 bridgehead atoms. The molecule has 0 aliphatic carbocycles. The van der Waals surface area contributed by atoms with Crippen molar-refractivity contribution in [2.45, 2.75) is 19.4 Å². The fourth-order valence-corrected chi connectivity index (χ4v) is 2.79. The van der Waals surface area contributed by atoms with E-state index in [1.54, 1.807) is 7.11 Å². The lowest BCUT2D eigenvalue weighted by Gasteiger charge is -2.12. The molecule has 18 heavy (non-hydrogen) atoms. The maximum atomic E-state index is 11.1. The molecule has 0 heterocycles. The Morgan fingerprint density at radius 3 is 2.39 bits per heavy atom. The molecular weight excluding hydrogens is 250 g/mol. The zero-order chi connectivity index (χ0) is 13.6. The van der Waals surface area contributed by atoms with Crippen LogP contribution in [0.3, 0.4) is 0 Å². The molecule has 1 unspecified atom stereocenters. The summed E-state index contributed by atoms with van der Waals surface area (Å²) in [5.41, 5.74) is 1.20. The van der Waals surface area contributed by atoms with Gasteiger partial charge in [-0.25, -0.2) is 8.42 Å². The Morgan fingerprint density at radius 2 is 1.89 bits per heavy atom. The van der Waals surface area contributed by atoms with E-state index in [1.807, 2.05) is 31.2 Å². The molecular formula is C13H21NO3S. The van der Waals surface area contributed by atoms with E-state index in [1.165, 1.54) is 11.8 Å². The van der Waals surface area contributed by atoms with Gasteiger partial charge in [0.2, 0.25) is 0 Å². The third-order valence-electron chi connectivity index (χ3n) is 2.62. The quantitative estimate of drug-likeness (QED) is 0.811. The molecule has 1 N–H and O–H groups in total. The van der Waals surface area contributed by atoms with Crippen LogP contribution in [-0.2, 0) is 16.3 Å². The first-order valence-electron chi connectivity index (χ1n) is 5.95. The molecule has 0 aliphatic rings. The van der Waals surface area contributed by atoms with Crippen LogP contribution in [0.5, 0.6) is 5.75 Å². The van der Waals surface area contributed by atoms with Crippen molar-refractivity contribution >= 4 is 9.84 Å². The van der Waals surface area contributed by atoms with Crippen molar-refractivity contribution in [3.8, 4) is 5.75 Å². The number of hydrogen-bond donors (Lipinski definition) is 1. The van der Waals surface area contributed by atoms with E-state index in [4.69, 9.17) is 4.74 Å². The molecule has 0 saturated carbocycles. The minimum absolute atomic E-state index is 0.0155. The van der Waals surface area contributed by atoms with Gasteiger partial charge >= 0.3 is 0 Å². The van der Waals surface area contributed by atoms with Crippen molar-refractivity contribution in [2.24, 2.45) is 0 Å². The summed E-state index contributed by atoms with van der Waals surface area (Å²) in [6.07, 6.45) is 2.13. The lowest BCUT2D eigenvalue weighted by atomic mass is 10.1. The second kappa shape index (κ2) is 6.75. The third kappa shape index (κ3) is 6.02. The standard InChI is InChI=1S/C13H21NO3S/c1-11(10-18(3,15)16)14-9-8-12-4-6-13(17-2)7-5-12/h4-7,11,14H,8-10H2,1-3H3. The monoisotopic (exact) mass is 271 g/mol. The summed E-state index contributed by atoms with van der Waals surface area (Å²) >= 11 is 0. The molecule has 102 valence electrons. The van der Waals surface area contributed by atoms with Crippen LogP contribution in [-0.4, -0.2) is 40.1 Å². The van der Waals surface area contributed by atoms with Crippen LogP contribution >= 0.6 is 0 Å². The Hall–Kier alpha value is -1.07. The van der Waals surface area contributed by atoms with Crippen molar-refractivity contribution in [3.63, 3.8) is 0 Å². The van der Waals surface area contributed by atoms with Crippen LogP contribution in [0.2, 0.25) is 0 Å². The van der Waals surface area contributed by atoms with Gasteiger partial charge in [-0.2, -0.15) is 0 Å². The molecule has 1 atom stereocenters. The molecule has 0 aliphatic heterocycles. The first-order chi connectivity index (χ1) is 8.40. The molecule has 0 spiro atoms. The van der Waals surface area contributed by atoms with Crippen molar-refractivity contribution in [1.29, 1.82) is 0 Å². The van der Waals surface area contributed by atoms with Crippen molar-refractivity contribution in [3.05, 3.63) is 29.8 Å². The van der Waals surface area contributed by atoms with Gasteiger partial charge in [-0.1, -0.05) is 12.1 Å². The highest BCUT2D eigenvalue weighted by Gasteiger charge is 2.09. The topological polar surface area (TPSA) is 55.4 Å². The van der Waals surface area contributed by atoms with Crippen LogP contribution in [0.1, 0.15) is 12.5 Å². The Kier molecular flexibility index (Phi) is 5.62. The molecule has 0 aromatic heterocycles. The molecule has 1 aromatic carbocycles. The molecule has 5 heteroatoms. The smallest absolute Gasteiger partial charge is 0.148 e. The summed E-state index contributed by atoms with van der Waals surface area (Å²) < 4.78 is 27.3. The molecule has 0 fully saturated rings. The summed E-state index contributed by atoms with van der Waals surface area (Å²) in [5, 5.41) is 3.21. The Balaban J connectivity index is 2.32. The summed E-state index contributed by atoms with van der Waals surface area (Å²) in [6.45, 7) is 2.65. The van der Waals surface area contributed by atoms with Crippen LogP contribution in [0, 0.1) is 0 Å². The first-order valence-corrected chi connectivity index (χ1v) is 8.01. The molecule has 1 rings (SSSR count). The van der Waals surface area contributed by atoms with Gasteiger partial charge < -0.3 is 10.1 Å². The van der Waals surface area contributed by atoms with Gasteiger partial charge in [-0.15, -0.1) is 0 Å². The minimum Gasteiger partial charge on any atom is -0.497 e. The lowest BCUT2D eigenvalue weighted by Crippen LogP contribution is -2.34. The molecule has 0 radical (unpaired) electrons. The maximum Gasteiger partial charge on any atom is 0.148 e. The van der Waals surface area contributed by atoms with Gasteiger partial charge in [0.25, 0.3) is 0 Å².